The van der Waals surface area contributed by atoms with Gasteiger partial charge in [0.2, 0.25) is 0 Å². The van der Waals surface area contributed by atoms with Crippen LogP contribution in [0.3, 0.4) is 0 Å². The molecule has 0 radical (unpaired) electrons. The number of hydrogen-bond donors (Lipinski definition) is 0. The molecule has 2 nitrogen and oxygen atoms in total. The summed E-state index contributed by atoms with van der Waals surface area (Å²) in [5.74, 6) is -0.259. The van der Waals surface area contributed by atoms with E-state index in [1.54, 1.807) is 6.07 Å². The Hall–Kier alpha value is -0.250. The van der Waals surface area contributed by atoms with Gasteiger partial charge in [0.1, 0.15) is 4.88 Å². The summed E-state index contributed by atoms with van der Waals surface area (Å²) < 4.78 is 4.47. The molecule has 0 aliphatic carbocycles. The van der Waals surface area contributed by atoms with Crippen molar-refractivity contribution in [1.29, 1.82) is 0 Å². The number of esters is 1. The first-order valence-corrected chi connectivity index (χ1v) is 3.34. The Kier molecular flexibility index (Phi) is 7.84. The summed E-state index contributed by atoms with van der Waals surface area (Å²) in [5, 5.41) is 1.84. The van der Waals surface area contributed by atoms with Gasteiger partial charge in [-0.05, 0) is 11.4 Å². The molecule has 0 bridgehead atoms. The third-order valence-electron chi connectivity index (χ3n) is 0.908. The van der Waals surface area contributed by atoms with E-state index in [0.717, 1.165) is 0 Å². The number of ether oxygens (including phenoxy) is 1. The van der Waals surface area contributed by atoms with Crippen molar-refractivity contribution in [2.24, 2.45) is 0 Å². The molecule has 1 heterocycles. The summed E-state index contributed by atoms with van der Waals surface area (Å²) in [6.45, 7) is 0. The molecule has 0 saturated carbocycles. The summed E-state index contributed by atoms with van der Waals surface area (Å²) in [7, 11) is 1.38. The Bertz CT molecular complexity index is 198. The zero-order valence-corrected chi connectivity index (χ0v) is 8.22. The summed E-state index contributed by atoms with van der Waals surface area (Å²) in [4.78, 5) is 11.3. The molecule has 1 rings (SSSR count). The molecule has 0 fully saturated rings. The van der Waals surface area contributed by atoms with Gasteiger partial charge >= 0.3 is 5.97 Å². The molecule has 64 valence electrons. The molecule has 0 amide bonds. The van der Waals surface area contributed by atoms with Crippen molar-refractivity contribution in [2.45, 2.75) is 0 Å². The molecule has 0 atom stereocenters. The average molecular weight is 215 g/mol. The first-order valence-electron chi connectivity index (χ1n) is 2.46. The van der Waals surface area contributed by atoms with Crippen molar-refractivity contribution in [1.82, 2.24) is 0 Å². The first-order chi connectivity index (χ1) is 4.34. The van der Waals surface area contributed by atoms with E-state index in [1.165, 1.54) is 18.4 Å². The van der Waals surface area contributed by atoms with Gasteiger partial charge in [0.25, 0.3) is 0 Å². The quantitative estimate of drug-likeness (QED) is 0.672. The zero-order valence-electron chi connectivity index (χ0n) is 5.77. The van der Waals surface area contributed by atoms with E-state index in [1.807, 2.05) is 11.4 Å². The van der Waals surface area contributed by atoms with Crippen molar-refractivity contribution in [2.75, 3.05) is 7.11 Å². The highest BCUT2D eigenvalue weighted by atomic mass is 35.5. The molecule has 1 aromatic rings. The predicted octanol–water partition coefficient (Wildman–Crippen LogP) is 2.38. The van der Waals surface area contributed by atoms with Crippen LogP contribution in [0, 0.1) is 0 Å². The highest BCUT2D eigenvalue weighted by Gasteiger charge is 2.03. The van der Waals surface area contributed by atoms with E-state index >= 15 is 0 Å². The first kappa shape index (κ1) is 13.3. The molecular formula is C6H8Cl2O2S. The lowest BCUT2D eigenvalue weighted by atomic mass is 10.5. The van der Waals surface area contributed by atoms with E-state index < -0.39 is 0 Å². The molecule has 0 saturated heterocycles. The molecule has 1 aromatic heterocycles. The summed E-state index contributed by atoms with van der Waals surface area (Å²) >= 11 is 1.38. The number of thiophene rings is 1. The van der Waals surface area contributed by atoms with Crippen LogP contribution < -0.4 is 0 Å². The van der Waals surface area contributed by atoms with Gasteiger partial charge < -0.3 is 4.74 Å². The van der Waals surface area contributed by atoms with Crippen molar-refractivity contribution in [3.63, 3.8) is 0 Å². The minimum absolute atomic E-state index is 0. The lowest BCUT2D eigenvalue weighted by molar-refractivity contribution is 0.0606. The summed E-state index contributed by atoms with van der Waals surface area (Å²) in [5.41, 5.74) is 0. The largest absolute Gasteiger partial charge is 0.465 e. The van der Waals surface area contributed by atoms with Gasteiger partial charge in [-0.3, -0.25) is 0 Å². The number of hydrogen-bond acceptors (Lipinski definition) is 3. The van der Waals surface area contributed by atoms with Crippen LogP contribution in [0.15, 0.2) is 17.5 Å². The Morgan fingerprint density at radius 1 is 1.55 bits per heavy atom. The number of methoxy groups -OCH3 is 1. The maximum absolute atomic E-state index is 10.7. The van der Waals surface area contributed by atoms with Crippen LogP contribution in [-0.4, -0.2) is 13.1 Å². The second kappa shape index (κ2) is 6.46. The molecule has 11 heavy (non-hydrogen) atoms. The molecule has 0 aliphatic rings. The molecule has 0 unspecified atom stereocenters. The van der Waals surface area contributed by atoms with E-state index in [4.69, 9.17) is 0 Å². The van der Waals surface area contributed by atoms with Crippen LogP contribution in [0.1, 0.15) is 9.67 Å². The number of rotatable bonds is 1. The second-order valence-corrected chi connectivity index (χ2v) is 2.42. The Labute approximate surface area is 81.4 Å². The molecule has 0 spiro atoms. The maximum atomic E-state index is 10.7. The lowest BCUT2D eigenvalue weighted by Crippen LogP contribution is -1.96. The predicted molar refractivity (Wildman–Crippen MR) is 50.2 cm³/mol. The van der Waals surface area contributed by atoms with E-state index in [0.29, 0.717) is 4.88 Å². The molecule has 5 heteroatoms. The van der Waals surface area contributed by atoms with Gasteiger partial charge in [0.15, 0.2) is 0 Å². The van der Waals surface area contributed by atoms with Crippen LogP contribution in [0.2, 0.25) is 0 Å². The van der Waals surface area contributed by atoms with Crippen molar-refractivity contribution >= 4 is 42.1 Å². The number of carbonyl (C=O) groups excluding carboxylic acids is 1. The lowest BCUT2D eigenvalue weighted by Gasteiger charge is -1.90. The summed E-state index contributed by atoms with van der Waals surface area (Å²) in [6, 6.07) is 3.55. The topological polar surface area (TPSA) is 26.3 Å². The van der Waals surface area contributed by atoms with Gasteiger partial charge in [0, 0.05) is 0 Å². The molecular weight excluding hydrogens is 207 g/mol. The van der Waals surface area contributed by atoms with Crippen LogP contribution >= 0.6 is 36.2 Å². The zero-order chi connectivity index (χ0) is 6.69. The van der Waals surface area contributed by atoms with Gasteiger partial charge in [-0.1, -0.05) is 6.07 Å². The monoisotopic (exact) mass is 214 g/mol. The minimum atomic E-state index is -0.259. The smallest absolute Gasteiger partial charge is 0.348 e. The Morgan fingerprint density at radius 2 is 2.18 bits per heavy atom. The minimum Gasteiger partial charge on any atom is -0.465 e. The second-order valence-electron chi connectivity index (χ2n) is 1.47. The SMILES string of the molecule is COC(=O)c1cccs1.Cl.Cl. The van der Waals surface area contributed by atoms with Crippen LogP contribution in [0.4, 0.5) is 0 Å². The number of halogens is 2. The standard InChI is InChI=1S/C6H6O2S.2ClH/c1-8-6(7)5-3-2-4-9-5;;/h2-4H,1H3;2*1H. The van der Waals surface area contributed by atoms with Gasteiger partial charge in [0.05, 0.1) is 7.11 Å². The fourth-order valence-corrected chi connectivity index (χ4v) is 1.14. The van der Waals surface area contributed by atoms with Gasteiger partial charge in [-0.15, -0.1) is 36.2 Å². The fraction of sp³-hybridized carbons (Fsp3) is 0.167. The third kappa shape index (κ3) is 3.60. The maximum Gasteiger partial charge on any atom is 0.348 e. The summed E-state index contributed by atoms with van der Waals surface area (Å²) in [6.07, 6.45) is 0. The van der Waals surface area contributed by atoms with Crippen LogP contribution in [0.5, 0.6) is 0 Å². The average Bonchev–Trinajstić information content (AvgIpc) is 2.37. The van der Waals surface area contributed by atoms with Crippen molar-refractivity contribution in [3.05, 3.63) is 22.4 Å². The van der Waals surface area contributed by atoms with E-state index in [-0.39, 0.29) is 30.8 Å². The molecule has 0 N–H and O–H groups in total. The van der Waals surface area contributed by atoms with E-state index in [9.17, 15) is 4.79 Å². The highest BCUT2D eigenvalue weighted by molar-refractivity contribution is 7.11. The molecule has 0 aromatic carbocycles. The Balaban J connectivity index is 0. The fourth-order valence-electron chi connectivity index (χ4n) is 0.495. The van der Waals surface area contributed by atoms with Crippen LogP contribution in [0.25, 0.3) is 0 Å². The third-order valence-corrected chi connectivity index (χ3v) is 1.76. The number of carbonyl (C=O) groups is 1. The van der Waals surface area contributed by atoms with Gasteiger partial charge in [-0.25, -0.2) is 4.79 Å². The van der Waals surface area contributed by atoms with Crippen LogP contribution in [-0.2, 0) is 4.74 Å². The van der Waals surface area contributed by atoms with Crippen molar-refractivity contribution in [3.8, 4) is 0 Å². The Morgan fingerprint density at radius 3 is 2.55 bits per heavy atom. The van der Waals surface area contributed by atoms with E-state index in [2.05, 4.69) is 4.74 Å². The molecule has 0 aliphatic heterocycles. The normalized spacial score (nSPS) is 7.36. The van der Waals surface area contributed by atoms with Crippen molar-refractivity contribution < 1.29 is 9.53 Å². The van der Waals surface area contributed by atoms with Gasteiger partial charge in [-0.2, -0.15) is 0 Å². The highest BCUT2D eigenvalue weighted by Crippen LogP contribution is 2.08.